The van der Waals surface area contributed by atoms with Crippen molar-refractivity contribution < 1.29 is 0 Å². The molecule has 4 heteroatoms. The highest BCUT2D eigenvalue weighted by atomic mass is 15.0. The maximum absolute atomic E-state index is 7.49. The van der Waals surface area contributed by atoms with Gasteiger partial charge in [-0.05, 0) is 73.8 Å². The minimum atomic E-state index is 0.608. The quantitative estimate of drug-likeness (QED) is 0.147. The molecule has 9 rings (SSSR count). The summed E-state index contributed by atoms with van der Waals surface area (Å²) in [6.45, 7) is 7.49. The van der Waals surface area contributed by atoms with Crippen molar-refractivity contribution in [1.82, 2.24) is 15.0 Å². The van der Waals surface area contributed by atoms with Crippen LogP contribution in [0.5, 0.6) is 0 Å². The average Bonchev–Trinajstić information content (AvgIpc) is 3.30. The first-order valence-electron chi connectivity index (χ1n) is 18.6. The van der Waals surface area contributed by atoms with Crippen LogP contribution in [0.2, 0.25) is 0 Å². The molecule has 56 heavy (non-hydrogen) atoms. The molecule has 262 valence electrons. The van der Waals surface area contributed by atoms with E-state index in [0.29, 0.717) is 23.2 Å². The van der Waals surface area contributed by atoms with Crippen LogP contribution < -0.4 is 0 Å². The topological polar surface area (TPSA) is 43.0 Å². The van der Waals surface area contributed by atoms with Gasteiger partial charge in [-0.3, -0.25) is 0 Å². The molecule has 0 spiro atoms. The van der Waals surface area contributed by atoms with Crippen LogP contribution in [0.25, 0.3) is 94.6 Å². The van der Waals surface area contributed by atoms with Crippen molar-refractivity contribution in [2.75, 3.05) is 0 Å². The van der Waals surface area contributed by atoms with E-state index in [2.05, 4.69) is 138 Å². The maximum atomic E-state index is 7.49. The zero-order valence-corrected chi connectivity index (χ0v) is 30.4. The van der Waals surface area contributed by atoms with Crippen LogP contribution in [0.1, 0.15) is 0 Å². The van der Waals surface area contributed by atoms with E-state index in [1.165, 1.54) is 0 Å². The number of hydrogen-bond acceptors (Lipinski definition) is 3. The molecule has 0 N–H and O–H groups in total. The Balaban J connectivity index is 1.18. The van der Waals surface area contributed by atoms with E-state index in [9.17, 15) is 0 Å². The van der Waals surface area contributed by atoms with Crippen molar-refractivity contribution >= 4 is 5.69 Å². The molecule has 0 aliphatic carbocycles. The molecule has 4 nitrogen and oxygen atoms in total. The Bertz CT molecular complexity index is 2810. The van der Waals surface area contributed by atoms with Crippen LogP contribution in [0.3, 0.4) is 0 Å². The Morgan fingerprint density at radius 3 is 1.05 bits per heavy atom. The normalized spacial score (nSPS) is 10.8. The molecule has 0 aliphatic rings. The van der Waals surface area contributed by atoms with Gasteiger partial charge in [-0.2, -0.15) is 0 Å². The number of benzene rings is 8. The van der Waals surface area contributed by atoms with Crippen molar-refractivity contribution in [1.29, 1.82) is 0 Å². The molecule has 0 aliphatic heterocycles. The third-order valence-electron chi connectivity index (χ3n) is 9.98. The Morgan fingerprint density at radius 2 is 0.589 bits per heavy atom. The Labute approximate surface area is 327 Å². The van der Waals surface area contributed by atoms with Gasteiger partial charge < -0.3 is 0 Å². The van der Waals surface area contributed by atoms with E-state index in [0.717, 1.165) is 72.3 Å². The van der Waals surface area contributed by atoms with Crippen LogP contribution in [0, 0.1) is 6.57 Å². The fraction of sp³-hybridized carbons (Fsp3) is 0. The molecule has 8 aromatic carbocycles. The van der Waals surface area contributed by atoms with Gasteiger partial charge in [0.15, 0.2) is 23.2 Å². The summed E-state index contributed by atoms with van der Waals surface area (Å²) >= 11 is 0. The van der Waals surface area contributed by atoms with Crippen LogP contribution in [-0.2, 0) is 0 Å². The molecular weight excluding hydrogens is 681 g/mol. The van der Waals surface area contributed by atoms with Gasteiger partial charge in [0.05, 0.1) is 6.57 Å². The zero-order valence-electron chi connectivity index (χ0n) is 30.4. The van der Waals surface area contributed by atoms with Gasteiger partial charge in [0, 0.05) is 16.7 Å². The summed E-state index contributed by atoms with van der Waals surface area (Å²) < 4.78 is 0. The standard InChI is InChI=1S/C52H34N4/c1-53-45-31-29-40(30-32-45)49-35-46(37-17-8-3-9-18-37)48(34-47(49)38-19-10-4-11-20-38)39-25-27-42(28-26-39)51-54-50(41-21-12-5-13-22-41)55-52(56-51)44-24-14-23-43(33-44)36-15-6-2-7-16-36/h2-35H. The summed E-state index contributed by atoms with van der Waals surface area (Å²) in [6, 6.07) is 70.8. The third-order valence-corrected chi connectivity index (χ3v) is 9.98. The second-order valence-electron chi connectivity index (χ2n) is 13.5. The predicted molar refractivity (Wildman–Crippen MR) is 230 cm³/mol. The first-order chi connectivity index (χ1) is 27.7. The highest BCUT2D eigenvalue weighted by Crippen LogP contribution is 2.43. The maximum Gasteiger partial charge on any atom is 0.187 e. The molecular formula is C52H34N4. The molecule has 0 fully saturated rings. The summed E-state index contributed by atoms with van der Waals surface area (Å²) in [5.74, 6) is 1.85. The number of rotatable bonds is 8. The highest BCUT2D eigenvalue weighted by Gasteiger charge is 2.18. The Kier molecular flexibility index (Phi) is 9.31. The lowest BCUT2D eigenvalue weighted by molar-refractivity contribution is 1.07. The van der Waals surface area contributed by atoms with Crippen LogP contribution in [0.15, 0.2) is 206 Å². The van der Waals surface area contributed by atoms with Gasteiger partial charge in [-0.15, -0.1) is 0 Å². The van der Waals surface area contributed by atoms with Crippen molar-refractivity contribution in [3.05, 3.63) is 218 Å². The lowest BCUT2D eigenvalue weighted by Crippen LogP contribution is -2.00. The summed E-state index contributed by atoms with van der Waals surface area (Å²) in [6.07, 6.45) is 0. The first kappa shape index (κ1) is 34.1. The molecule has 0 saturated carbocycles. The van der Waals surface area contributed by atoms with Crippen molar-refractivity contribution in [3.63, 3.8) is 0 Å². The monoisotopic (exact) mass is 714 g/mol. The van der Waals surface area contributed by atoms with Gasteiger partial charge in [0.2, 0.25) is 0 Å². The average molecular weight is 715 g/mol. The van der Waals surface area contributed by atoms with Gasteiger partial charge in [0.25, 0.3) is 0 Å². The molecule has 0 radical (unpaired) electrons. The van der Waals surface area contributed by atoms with E-state index >= 15 is 0 Å². The van der Waals surface area contributed by atoms with Gasteiger partial charge in [-0.25, -0.2) is 19.8 Å². The first-order valence-corrected chi connectivity index (χ1v) is 18.6. The second kappa shape index (κ2) is 15.3. The van der Waals surface area contributed by atoms with Gasteiger partial charge in [-0.1, -0.05) is 188 Å². The summed E-state index contributed by atoms with van der Waals surface area (Å²) in [7, 11) is 0. The summed E-state index contributed by atoms with van der Waals surface area (Å²) in [4.78, 5) is 18.7. The minimum Gasteiger partial charge on any atom is -0.238 e. The summed E-state index contributed by atoms with van der Waals surface area (Å²) in [5.41, 5.74) is 14.5. The highest BCUT2D eigenvalue weighted by molar-refractivity contribution is 5.95. The van der Waals surface area contributed by atoms with Gasteiger partial charge >= 0.3 is 0 Å². The SMILES string of the molecule is [C-]#[N+]c1ccc(-c2cc(-c3ccccc3)c(-c3ccc(-c4nc(-c5ccccc5)nc(-c5cccc(-c6ccccc6)c5)n4)cc3)cc2-c2ccccc2)cc1. The van der Waals surface area contributed by atoms with Crippen LogP contribution >= 0.6 is 0 Å². The lowest BCUT2D eigenvalue weighted by atomic mass is 9.85. The fourth-order valence-electron chi connectivity index (χ4n) is 7.12. The Hall–Kier alpha value is -7.74. The van der Waals surface area contributed by atoms with E-state index in [-0.39, 0.29) is 0 Å². The van der Waals surface area contributed by atoms with Crippen LogP contribution in [0.4, 0.5) is 5.69 Å². The van der Waals surface area contributed by atoms with E-state index in [1.807, 2.05) is 72.8 Å². The van der Waals surface area contributed by atoms with Crippen molar-refractivity contribution in [2.45, 2.75) is 0 Å². The zero-order chi connectivity index (χ0) is 37.7. The smallest absolute Gasteiger partial charge is 0.187 e. The molecule has 0 amide bonds. The molecule has 1 heterocycles. The molecule has 0 unspecified atom stereocenters. The molecule has 1 aromatic heterocycles. The predicted octanol–water partition coefficient (Wildman–Crippen LogP) is 13.8. The molecule has 9 aromatic rings. The van der Waals surface area contributed by atoms with E-state index < -0.39 is 0 Å². The van der Waals surface area contributed by atoms with E-state index in [4.69, 9.17) is 21.5 Å². The number of hydrogen-bond donors (Lipinski definition) is 0. The third kappa shape index (κ3) is 7.01. The molecule has 0 bridgehead atoms. The second-order valence-corrected chi connectivity index (χ2v) is 13.5. The lowest BCUT2D eigenvalue weighted by Gasteiger charge is -2.18. The van der Waals surface area contributed by atoms with Crippen molar-refractivity contribution in [2.24, 2.45) is 0 Å². The van der Waals surface area contributed by atoms with Crippen molar-refractivity contribution in [3.8, 4) is 89.8 Å². The fourth-order valence-corrected chi connectivity index (χ4v) is 7.12. The van der Waals surface area contributed by atoms with Crippen LogP contribution in [-0.4, -0.2) is 15.0 Å². The van der Waals surface area contributed by atoms with Gasteiger partial charge in [0.1, 0.15) is 0 Å². The minimum absolute atomic E-state index is 0.608. The Morgan fingerprint density at radius 1 is 0.268 bits per heavy atom. The number of aromatic nitrogens is 3. The molecule has 0 atom stereocenters. The molecule has 0 saturated heterocycles. The summed E-state index contributed by atoms with van der Waals surface area (Å²) in [5, 5.41) is 0. The largest absolute Gasteiger partial charge is 0.238 e. The number of nitrogens with zero attached hydrogens (tertiary/aromatic N) is 4. The van der Waals surface area contributed by atoms with E-state index in [1.54, 1.807) is 0 Å².